The quantitative estimate of drug-likeness (QED) is 0.630. The number of nitrogens with zero attached hydrogens (tertiary/aromatic N) is 3. The van der Waals surface area contributed by atoms with Gasteiger partial charge in [-0.2, -0.15) is 0 Å². The molecule has 1 N–H and O–H groups in total. The smallest absolute Gasteiger partial charge is 0.156 e. The first-order chi connectivity index (χ1) is 8.63. The van der Waals surface area contributed by atoms with E-state index in [9.17, 15) is 4.79 Å². The van der Waals surface area contributed by atoms with E-state index in [-0.39, 0.29) is 5.15 Å². The van der Waals surface area contributed by atoms with Crippen molar-refractivity contribution in [2.24, 2.45) is 0 Å². The third-order valence-corrected chi connectivity index (χ3v) is 3.64. The molecular weight excluding hydrogens is 252 g/mol. The molecule has 0 saturated heterocycles. The Balaban J connectivity index is 1.97. The summed E-state index contributed by atoms with van der Waals surface area (Å²) in [6.45, 7) is 2.87. The molecule has 1 atom stereocenters. The zero-order valence-electron chi connectivity index (χ0n) is 10.6. The van der Waals surface area contributed by atoms with Crippen molar-refractivity contribution in [3.8, 4) is 0 Å². The van der Waals surface area contributed by atoms with E-state index < -0.39 is 0 Å². The SMILES string of the molecule is CC(CNc1ncnc(Cl)c1C=O)N(C)C1CC1. The highest BCUT2D eigenvalue weighted by Crippen LogP contribution is 2.27. The lowest BCUT2D eigenvalue weighted by Gasteiger charge is -2.25. The lowest BCUT2D eigenvalue weighted by atomic mass is 10.2. The minimum Gasteiger partial charge on any atom is -0.368 e. The summed E-state index contributed by atoms with van der Waals surface area (Å²) in [5.41, 5.74) is 0.320. The van der Waals surface area contributed by atoms with E-state index in [1.54, 1.807) is 0 Å². The molecule has 1 heterocycles. The Morgan fingerprint density at radius 3 is 2.94 bits per heavy atom. The molecule has 0 aliphatic heterocycles. The van der Waals surface area contributed by atoms with E-state index in [2.05, 4.69) is 34.2 Å². The van der Waals surface area contributed by atoms with Gasteiger partial charge in [0.1, 0.15) is 17.3 Å². The largest absolute Gasteiger partial charge is 0.368 e. The number of rotatable bonds is 6. The number of aldehydes is 1. The number of anilines is 1. The summed E-state index contributed by atoms with van der Waals surface area (Å²) in [4.78, 5) is 21.1. The third-order valence-electron chi connectivity index (χ3n) is 3.34. The first kappa shape index (κ1) is 13.2. The van der Waals surface area contributed by atoms with Crippen LogP contribution >= 0.6 is 11.6 Å². The normalized spacial score (nSPS) is 16.7. The van der Waals surface area contributed by atoms with Crippen LogP contribution in [0.1, 0.15) is 30.1 Å². The summed E-state index contributed by atoms with van der Waals surface area (Å²) in [5.74, 6) is 0.501. The number of nitrogens with one attached hydrogen (secondary N) is 1. The molecule has 0 spiro atoms. The fourth-order valence-corrected chi connectivity index (χ4v) is 2.03. The molecule has 1 aromatic heterocycles. The van der Waals surface area contributed by atoms with Crippen LogP contribution in [0.25, 0.3) is 0 Å². The maximum atomic E-state index is 10.9. The molecule has 1 saturated carbocycles. The van der Waals surface area contributed by atoms with Gasteiger partial charge in [0.05, 0.1) is 5.56 Å². The number of hydrogen-bond donors (Lipinski definition) is 1. The number of hydrogen-bond acceptors (Lipinski definition) is 5. The third kappa shape index (κ3) is 2.97. The van der Waals surface area contributed by atoms with Gasteiger partial charge in [0.2, 0.25) is 0 Å². The van der Waals surface area contributed by atoms with E-state index in [0.29, 0.717) is 29.8 Å². The lowest BCUT2D eigenvalue weighted by molar-refractivity contribution is 0.112. The Kier molecular flexibility index (Phi) is 4.14. The average Bonchev–Trinajstić information content (AvgIpc) is 3.19. The van der Waals surface area contributed by atoms with Crippen molar-refractivity contribution in [2.75, 3.05) is 18.9 Å². The van der Waals surface area contributed by atoms with Crippen LogP contribution in [0.4, 0.5) is 5.82 Å². The molecule has 98 valence electrons. The van der Waals surface area contributed by atoms with Gasteiger partial charge in [-0.05, 0) is 26.8 Å². The van der Waals surface area contributed by atoms with Gasteiger partial charge in [0.15, 0.2) is 6.29 Å². The van der Waals surface area contributed by atoms with Gasteiger partial charge in [-0.1, -0.05) is 11.6 Å². The molecular formula is C12H17ClN4O. The van der Waals surface area contributed by atoms with Gasteiger partial charge in [-0.3, -0.25) is 9.69 Å². The number of carbonyl (C=O) groups is 1. The van der Waals surface area contributed by atoms with Crippen LogP contribution < -0.4 is 5.32 Å². The summed E-state index contributed by atoms with van der Waals surface area (Å²) in [7, 11) is 2.12. The molecule has 1 aliphatic carbocycles. The van der Waals surface area contributed by atoms with Gasteiger partial charge < -0.3 is 5.32 Å². The van der Waals surface area contributed by atoms with E-state index in [1.165, 1.54) is 19.2 Å². The fraction of sp³-hybridized carbons (Fsp3) is 0.583. The van der Waals surface area contributed by atoms with Crippen LogP contribution in [0.5, 0.6) is 0 Å². The molecule has 2 rings (SSSR count). The summed E-state index contributed by atoms with van der Waals surface area (Å²) < 4.78 is 0. The van der Waals surface area contributed by atoms with Crippen molar-refractivity contribution in [1.82, 2.24) is 14.9 Å². The molecule has 0 aromatic carbocycles. The number of carbonyl (C=O) groups excluding carboxylic acids is 1. The first-order valence-electron chi connectivity index (χ1n) is 6.05. The maximum Gasteiger partial charge on any atom is 0.156 e. The van der Waals surface area contributed by atoms with Gasteiger partial charge in [0.25, 0.3) is 0 Å². The predicted molar refractivity (Wildman–Crippen MR) is 71.2 cm³/mol. The predicted octanol–water partition coefficient (Wildman–Crippen LogP) is 1.84. The maximum absolute atomic E-state index is 10.9. The van der Waals surface area contributed by atoms with Crippen LogP contribution in [0.2, 0.25) is 5.15 Å². The van der Waals surface area contributed by atoms with Crippen LogP contribution in [0.15, 0.2) is 6.33 Å². The van der Waals surface area contributed by atoms with Crippen LogP contribution in [0.3, 0.4) is 0 Å². The van der Waals surface area contributed by atoms with Crippen molar-refractivity contribution in [3.05, 3.63) is 17.0 Å². The zero-order chi connectivity index (χ0) is 13.1. The minimum absolute atomic E-state index is 0.186. The monoisotopic (exact) mass is 268 g/mol. The topological polar surface area (TPSA) is 58.1 Å². The van der Waals surface area contributed by atoms with Gasteiger partial charge >= 0.3 is 0 Å². The lowest BCUT2D eigenvalue weighted by Crippen LogP contribution is -2.36. The minimum atomic E-state index is 0.186. The van der Waals surface area contributed by atoms with Crippen molar-refractivity contribution < 1.29 is 4.79 Å². The Morgan fingerprint density at radius 1 is 1.61 bits per heavy atom. The summed E-state index contributed by atoms with van der Waals surface area (Å²) in [5, 5.41) is 3.35. The average molecular weight is 269 g/mol. The second-order valence-corrected chi connectivity index (χ2v) is 5.03. The van der Waals surface area contributed by atoms with Crippen molar-refractivity contribution in [3.63, 3.8) is 0 Å². The van der Waals surface area contributed by atoms with Crippen molar-refractivity contribution in [2.45, 2.75) is 31.8 Å². The number of likely N-dealkylation sites (N-methyl/N-ethyl adjacent to an activating group) is 1. The molecule has 6 heteroatoms. The number of aromatic nitrogens is 2. The number of halogens is 1. The van der Waals surface area contributed by atoms with Gasteiger partial charge in [0, 0.05) is 18.6 Å². The second-order valence-electron chi connectivity index (χ2n) is 4.67. The second kappa shape index (κ2) is 5.63. The molecule has 0 bridgehead atoms. The fourth-order valence-electron chi connectivity index (χ4n) is 1.85. The molecule has 0 radical (unpaired) electrons. The van der Waals surface area contributed by atoms with E-state index >= 15 is 0 Å². The summed E-state index contributed by atoms with van der Waals surface area (Å²) in [6, 6.07) is 1.09. The van der Waals surface area contributed by atoms with Crippen molar-refractivity contribution >= 4 is 23.7 Å². The molecule has 1 unspecified atom stereocenters. The highest BCUT2D eigenvalue weighted by atomic mass is 35.5. The van der Waals surface area contributed by atoms with E-state index in [0.717, 1.165) is 6.54 Å². The Labute approximate surface area is 112 Å². The zero-order valence-corrected chi connectivity index (χ0v) is 11.3. The van der Waals surface area contributed by atoms with E-state index in [1.807, 2.05) is 0 Å². The highest BCUT2D eigenvalue weighted by molar-refractivity contribution is 6.32. The van der Waals surface area contributed by atoms with Crippen molar-refractivity contribution in [1.29, 1.82) is 0 Å². The van der Waals surface area contributed by atoms with Crippen LogP contribution in [-0.4, -0.2) is 46.8 Å². The molecule has 1 aliphatic rings. The summed E-state index contributed by atoms with van der Waals surface area (Å²) >= 11 is 5.84. The molecule has 1 fully saturated rings. The Hall–Kier alpha value is -1.20. The molecule has 1 aromatic rings. The molecule has 0 amide bonds. The molecule has 18 heavy (non-hydrogen) atoms. The van der Waals surface area contributed by atoms with Crippen LogP contribution in [0, 0.1) is 0 Å². The Bertz CT molecular complexity index is 436. The first-order valence-corrected chi connectivity index (χ1v) is 6.42. The molecule has 5 nitrogen and oxygen atoms in total. The highest BCUT2D eigenvalue weighted by Gasteiger charge is 2.29. The van der Waals surface area contributed by atoms with Gasteiger partial charge in [-0.15, -0.1) is 0 Å². The standard InChI is InChI=1S/C12H17ClN4O/c1-8(17(2)9-3-4-9)5-14-12-10(6-18)11(13)15-7-16-12/h6-9H,3-5H2,1-2H3,(H,14,15,16). The van der Waals surface area contributed by atoms with Crippen LogP contribution in [-0.2, 0) is 0 Å². The Morgan fingerprint density at radius 2 is 2.33 bits per heavy atom. The summed E-state index contributed by atoms with van der Waals surface area (Å²) in [6.07, 6.45) is 4.59. The van der Waals surface area contributed by atoms with E-state index in [4.69, 9.17) is 11.6 Å². The van der Waals surface area contributed by atoms with Gasteiger partial charge in [-0.25, -0.2) is 9.97 Å².